The highest BCUT2D eigenvalue weighted by molar-refractivity contribution is 5.77. The highest BCUT2D eigenvalue weighted by Gasteiger charge is 2.42. The molecule has 2 aromatic rings. The standard InChI is InChI=1S/C20H26N6O/c1-15-10-24-17(11-23-15)12-26-14-20(6-4-18(26)27)5-3-9-25(13-20)19-16(2)21-7-8-22-19/h7-8,10-11H,3-6,9,12-14H2,1-2H3/t20-/m0/s1. The van der Waals surface area contributed by atoms with Crippen LogP contribution in [0.4, 0.5) is 5.82 Å². The molecule has 27 heavy (non-hydrogen) atoms. The molecule has 0 aliphatic carbocycles. The van der Waals surface area contributed by atoms with E-state index in [1.807, 2.05) is 18.7 Å². The molecule has 0 unspecified atom stereocenters. The van der Waals surface area contributed by atoms with E-state index in [2.05, 4.69) is 24.8 Å². The van der Waals surface area contributed by atoms with Crippen LogP contribution in [0.15, 0.2) is 24.8 Å². The average molecular weight is 366 g/mol. The second-order valence-electron chi connectivity index (χ2n) is 7.89. The molecule has 2 saturated heterocycles. The Labute approximate surface area is 159 Å². The Kier molecular flexibility index (Phi) is 4.76. The Hall–Kier alpha value is -2.57. The summed E-state index contributed by atoms with van der Waals surface area (Å²) in [5.74, 6) is 1.19. The van der Waals surface area contributed by atoms with Crippen LogP contribution in [0.25, 0.3) is 0 Å². The molecule has 1 spiro atoms. The summed E-state index contributed by atoms with van der Waals surface area (Å²) in [6.45, 7) is 7.17. The van der Waals surface area contributed by atoms with Crippen molar-refractivity contribution in [3.63, 3.8) is 0 Å². The number of hydrogen-bond donors (Lipinski definition) is 0. The zero-order valence-corrected chi connectivity index (χ0v) is 16.1. The van der Waals surface area contributed by atoms with Crippen molar-refractivity contribution in [3.8, 4) is 0 Å². The first kappa shape index (κ1) is 17.8. The van der Waals surface area contributed by atoms with Gasteiger partial charge in [-0.3, -0.25) is 19.7 Å². The van der Waals surface area contributed by atoms with Crippen molar-refractivity contribution in [2.24, 2.45) is 5.41 Å². The van der Waals surface area contributed by atoms with Crippen molar-refractivity contribution in [3.05, 3.63) is 41.9 Å². The molecule has 0 saturated carbocycles. The van der Waals surface area contributed by atoms with E-state index in [9.17, 15) is 4.79 Å². The highest BCUT2D eigenvalue weighted by atomic mass is 16.2. The maximum Gasteiger partial charge on any atom is 0.222 e. The maximum absolute atomic E-state index is 12.5. The van der Waals surface area contributed by atoms with E-state index in [0.29, 0.717) is 13.0 Å². The SMILES string of the molecule is Cc1cnc(CN2C[C@@]3(CCCN(c4nccnc4C)C3)CCC2=O)cn1. The summed E-state index contributed by atoms with van der Waals surface area (Å²) < 4.78 is 0. The van der Waals surface area contributed by atoms with Gasteiger partial charge in [0.15, 0.2) is 0 Å². The smallest absolute Gasteiger partial charge is 0.222 e. The fourth-order valence-electron chi connectivity index (χ4n) is 4.38. The van der Waals surface area contributed by atoms with Gasteiger partial charge in [0.2, 0.25) is 5.91 Å². The molecule has 2 fully saturated rings. The number of likely N-dealkylation sites (tertiary alicyclic amines) is 1. The van der Waals surface area contributed by atoms with Gasteiger partial charge in [0, 0.05) is 50.1 Å². The number of piperidine rings is 2. The van der Waals surface area contributed by atoms with E-state index in [1.165, 1.54) is 0 Å². The second kappa shape index (κ2) is 7.21. The summed E-state index contributed by atoms with van der Waals surface area (Å²) in [7, 11) is 0. The Morgan fingerprint density at radius 1 is 1.04 bits per heavy atom. The van der Waals surface area contributed by atoms with E-state index < -0.39 is 0 Å². The summed E-state index contributed by atoms with van der Waals surface area (Å²) in [5.41, 5.74) is 2.83. The summed E-state index contributed by atoms with van der Waals surface area (Å²) in [5, 5.41) is 0. The van der Waals surface area contributed by atoms with Gasteiger partial charge in [-0.05, 0) is 33.1 Å². The van der Waals surface area contributed by atoms with E-state index in [1.54, 1.807) is 24.8 Å². The molecule has 1 atom stereocenters. The monoisotopic (exact) mass is 366 g/mol. The van der Waals surface area contributed by atoms with Gasteiger partial charge in [-0.1, -0.05) is 0 Å². The molecular weight excluding hydrogens is 340 g/mol. The maximum atomic E-state index is 12.5. The number of anilines is 1. The lowest BCUT2D eigenvalue weighted by Crippen LogP contribution is -2.54. The normalized spacial score (nSPS) is 23.1. The molecule has 7 nitrogen and oxygen atoms in total. The number of aromatic nitrogens is 4. The third-order valence-corrected chi connectivity index (χ3v) is 5.75. The zero-order chi connectivity index (χ0) is 18.9. The van der Waals surface area contributed by atoms with Gasteiger partial charge in [0.25, 0.3) is 0 Å². The van der Waals surface area contributed by atoms with Crippen LogP contribution >= 0.6 is 0 Å². The van der Waals surface area contributed by atoms with Gasteiger partial charge in [-0.2, -0.15) is 0 Å². The number of amides is 1. The zero-order valence-electron chi connectivity index (χ0n) is 16.1. The number of hydrogen-bond acceptors (Lipinski definition) is 6. The Morgan fingerprint density at radius 2 is 1.89 bits per heavy atom. The number of rotatable bonds is 3. The van der Waals surface area contributed by atoms with Crippen molar-refractivity contribution in [2.75, 3.05) is 24.5 Å². The van der Waals surface area contributed by atoms with Gasteiger partial charge >= 0.3 is 0 Å². The minimum absolute atomic E-state index is 0.119. The number of aryl methyl sites for hydroxylation is 2. The summed E-state index contributed by atoms with van der Waals surface area (Å²) in [6, 6.07) is 0. The fourth-order valence-corrected chi connectivity index (χ4v) is 4.38. The lowest BCUT2D eigenvalue weighted by Gasteiger charge is -2.48. The Balaban J connectivity index is 1.51. The molecule has 7 heteroatoms. The van der Waals surface area contributed by atoms with Crippen LogP contribution < -0.4 is 4.90 Å². The number of nitrogens with zero attached hydrogens (tertiary/aromatic N) is 6. The van der Waals surface area contributed by atoms with E-state index in [0.717, 1.165) is 61.8 Å². The predicted molar refractivity (Wildman–Crippen MR) is 102 cm³/mol. The molecular formula is C20H26N6O. The van der Waals surface area contributed by atoms with Crippen LogP contribution in [0.2, 0.25) is 0 Å². The van der Waals surface area contributed by atoms with Gasteiger partial charge in [-0.15, -0.1) is 0 Å². The lowest BCUT2D eigenvalue weighted by molar-refractivity contribution is -0.138. The van der Waals surface area contributed by atoms with Gasteiger partial charge in [0.05, 0.1) is 29.8 Å². The third-order valence-electron chi connectivity index (χ3n) is 5.75. The third kappa shape index (κ3) is 3.77. The van der Waals surface area contributed by atoms with E-state index >= 15 is 0 Å². The van der Waals surface area contributed by atoms with Crippen LogP contribution in [0.1, 0.15) is 42.8 Å². The summed E-state index contributed by atoms with van der Waals surface area (Å²) in [4.78, 5) is 34.5. The first-order valence-corrected chi connectivity index (χ1v) is 9.63. The Morgan fingerprint density at radius 3 is 2.67 bits per heavy atom. The lowest BCUT2D eigenvalue weighted by atomic mass is 9.73. The van der Waals surface area contributed by atoms with Crippen LogP contribution in [-0.4, -0.2) is 50.4 Å². The van der Waals surface area contributed by atoms with Crippen LogP contribution in [0.3, 0.4) is 0 Å². The molecule has 0 aromatic carbocycles. The number of carbonyl (C=O) groups is 1. The van der Waals surface area contributed by atoms with Gasteiger partial charge in [-0.25, -0.2) is 4.98 Å². The van der Waals surface area contributed by atoms with Crippen LogP contribution in [0, 0.1) is 19.3 Å². The molecule has 4 heterocycles. The summed E-state index contributed by atoms with van der Waals surface area (Å²) >= 11 is 0. The topological polar surface area (TPSA) is 75.1 Å². The molecule has 2 aromatic heterocycles. The van der Waals surface area contributed by atoms with Crippen molar-refractivity contribution >= 4 is 11.7 Å². The molecule has 0 radical (unpaired) electrons. The average Bonchev–Trinajstić information content (AvgIpc) is 2.67. The first-order chi connectivity index (χ1) is 13.0. The first-order valence-electron chi connectivity index (χ1n) is 9.63. The molecule has 0 N–H and O–H groups in total. The molecule has 2 aliphatic rings. The van der Waals surface area contributed by atoms with Crippen molar-refractivity contribution in [1.82, 2.24) is 24.8 Å². The molecule has 4 rings (SSSR count). The predicted octanol–water partition coefficient (Wildman–Crippen LogP) is 2.29. The Bertz CT molecular complexity index is 823. The van der Waals surface area contributed by atoms with E-state index in [4.69, 9.17) is 0 Å². The minimum Gasteiger partial charge on any atom is -0.354 e. The molecule has 142 valence electrons. The second-order valence-corrected chi connectivity index (χ2v) is 7.89. The highest BCUT2D eigenvalue weighted by Crippen LogP contribution is 2.40. The largest absolute Gasteiger partial charge is 0.354 e. The fraction of sp³-hybridized carbons (Fsp3) is 0.550. The van der Waals surface area contributed by atoms with Crippen molar-refractivity contribution in [2.45, 2.75) is 46.1 Å². The number of carbonyl (C=O) groups excluding carboxylic acids is 1. The van der Waals surface area contributed by atoms with Crippen LogP contribution in [-0.2, 0) is 11.3 Å². The minimum atomic E-state index is 0.119. The van der Waals surface area contributed by atoms with E-state index in [-0.39, 0.29) is 11.3 Å². The van der Waals surface area contributed by atoms with Gasteiger partial charge < -0.3 is 9.80 Å². The van der Waals surface area contributed by atoms with Gasteiger partial charge in [0.1, 0.15) is 5.82 Å². The van der Waals surface area contributed by atoms with Crippen LogP contribution in [0.5, 0.6) is 0 Å². The quantitative estimate of drug-likeness (QED) is 0.830. The van der Waals surface area contributed by atoms with Crippen molar-refractivity contribution in [1.29, 1.82) is 0 Å². The molecule has 0 bridgehead atoms. The molecule has 2 aliphatic heterocycles. The van der Waals surface area contributed by atoms with Crippen molar-refractivity contribution < 1.29 is 4.79 Å². The molecule has 1 amide bonds. The summed E-state index contributed by atoms with van der Waals surface area (Å²) in [6.07, 6.45) is 10.8.